The molecule has 1 aliphatic rings. The summed E-state index contributed by atoms with van der Waals surface area (Å²) in [5, 5.41) is 0. The van der Waals surface area contributed by atoms with E-state index >= 15 is 0 Å². The Morgan fingerprint density at radius 3 is 3.06 bits per heavy atom. The van der Waals surface area contributed by atoms with E-state index in [0.717, 1.165) is 6.42 Å². The first-order valence-corrected chi connectivity index (χ1v) is 7.29. The number of carbonyl (C=O) groups excluding carboxylic acids is 1. The van der Waals surface area contributed by atoms with Gasteiger partial charge in [-0.2, -0.15) is 11.8 Å². The van der Waals surface area contributed by atoms with Crippen molar-refractivity contribution in [1.82, 2.24) is 0 Å². The summed E-state index contributed by atoms with van der Waals surface area (Å²) in [4.78, 5) is 11.7. The number of rotatable bonds is 4. The molecule has 0 fully saturated rings. The molecule has 1 atom stereocenters. The van der Waals surface area contributed by atoms with Gasteiger partial charge in [0, 0.05) is 6.42 Å². The van der Waals surface area contributed by atoms with E-state index in [1.54, 1.807) is 11.8 Å². The maximum atomic E-state index is 11.7. The zero-order chi connectivity index (χ0) is 11.4. The molecule has 0 saturated heterocycles. The highest BCUT2D eigenvalue weighted by atomic mass is 32.2. The predicted octanol–water partition coefficient (Wildman–Crippen LogP) is 3.43. The Balaban J connectivity index is 2.10. The van der Waals surface area contributed by atoms with E-state index in [0.29, 0.717) is 17.5 Å². The summed E-state index contributed by atoms with van der Waals surface area (Å²) in [5.41, 5.74) is 2.87. The Labute approximate surface area is 102 Å². The van der Waals surface area contributed by atoms with Gasteiger partial charge in [0.15, 0.2) is 0 Å². The van der Waals surface area contributed by atoms with Gasteiger partial charge in [0.25, 0.3) is 0 Å². The van der Waals surface area contributed by atoms with E-state index in [4.69, 9.17) is 0 Å². The summed E-state index contributed by atoms with van der Waals surface area (Å²) in [6, 6.07) is 8.60. The summed E-state index contributed by atoms with van der Waals surface area (Å²) < 4.78 is 0. The molecule has 2 rings (SSSR count). The lowest BCUT2D eigenvalue weighted by atomic mass is 9.80. The molecule has 0 aliphatic heterocycles. The summed E-state index contributed by atoms with van der Waals surface area (Å²) in [6.45, 7) is 0. The fraction of sp³-hybridized carbons (Fsp3) is 0.500. The first-order valence-electron chi connectivity index (χ1n) is 5.89. The second-order valence-corrected chi connectivity index (χ2v) is 5.33. The zero-order valence-corrected chi connectivity index (χ0v) is 10.6. The van der Waals surface area contributed by atoms with Crippen LogP contribution in [0.4, 0.5) is 0 Å². The van der Waals surface area contributed by atoms with Crippen molar-refractivity contribution < 1.29 is 4.79 Å². The van der Waals surface area contributed by atoms with Gasteiger partial charge in [0.1, 0.15) is 5.78 Å². The van der Waals surface area contributed by atoms with Gasteiger partial charge in [-0.1, -0.05) is 24.3 Å². The smallest absolute Gasteiger partial charge is 0.143 e. The molecule has 86 valence electrons. The molecule has 2 heteroatoms. The minimum absolute atomic E-state index is 0.397. The van der Waals surface area contributed by atoms with Crippen LogP contribution in [0.25, 0.3) is 0 Å². The Bertz CT molecular complexity index is 373. The monoisotopic (exact) mass is 234 g/mol. The van der Waals surface area contributed by atoms with E-state index in [2.05, 4.69) is 24.3 Å². The highest BCUT2D eigenvalue weighted by molar-refractivity contribution is 7.99. The van der Waals surface area contributed by atoms with Crippen LogP contribution in [0.1, 0.15) is 36.3 Å². The molecule has 0 spiro atoms. The molecule has 0 aromatic heterocycles. The van der Waals surface area contributed by atoms with Gasteiger partial charge in [-0.15, -0.1) is 0 Å². The van der Waals surface area contributed by atoms with Crippen LogP contribution in [0.2, 0.25) is 0 Å². The lowest BCUT2D eigenvalue weighted by Crippen LogP contribution is -2.14. The number of fused-ring (bicyclic) bond motifs is 1. The number of thioether (sulfide) groups is 1. The lowest BCUT2D eigenvalue weighted by molar-refractivity contribution is -0.117. The van der Waals surface area contributed by atoms with Crippen LogP contribution in [-0.2, 0) is 11.2 Å². The van der Waals surface area contributed by atoms with Crippen molar-refractivity contribution in [3.63, 3.8) is 0 Å². The van der Waals surface area contributed by atoms with Crippen LogP contribution in [0.5, 0.6) is 0 Å². The molecule has 0 saturated carbocycles. The van der Waals surface area contributed by atoms with Crippen LogP contribution >= 0.6 is 11.8 Å². The van der Waals surface area contributed by atoms with Crippen LogP contribution in [0, 0.1) is 0 Å². The summed E-state index contributed by atoms with van der Waals surface area (Å²) in [7, 11) is 0. The van der Waals surface area contributed by atoms with E-state index in [1.807, 2.05) is 6.26 Å². The van der Waals surface area contributed by atoms with E-state index in [9.17, 15) is 4.79 Å². The zero-order valence-electron chi connectivity index (χ0n) is 9.74. The summed E-state index contributed by atoms with van der Waals surface area (Å²) in [5.74, 6) is 1.54. The number of benzene rings is 1. The van der Waals surface area contributed by atoms with Crippen LogP contribution in [0.3, 0.4) is 0 Å². The first-order chi connectivity index (χ1) is 7.81. The molecule has 1 nitrogen and oxygen atoms in total. The molecule has 0 amide bonds. The van der Waals surface area contributed by atoms with Crippen LogP contribution < -0.4 is 0 Å². The molecule has 16 heavy (non-hydrogen) atoms. The molecule has 1 unspecified atom stereocenters. The fourth-order valence-electron chi connectivity index (χ4n) is 2.56. The molecule has 0 heterocycles. The van der Waals surface area contributed by atoms with Gasteiger partial charge in [-0.3, -0.25) is 4.79 Å². The standard InChI is InChI=1S/C14H18OS/c1-16-10-13(15)9-12-7-4-6-11-5-2-3-8-14(11)12/h2-3,5,8,12H,4,6-7,9-10H2,1H3. The van der Waals surface area contributed by atoms with Crippen molar-refractivity contribution in [2.75, 3.05) is 12.0 Å². The number of ketones is 1. The van der Waals surface area contributed by atoms with E-state index in [1.165, 1.54) is 30.4 Å². The third-order valence-corrected chi connectivity index (χ3v) is 3.88. The molecule has 0 radical (unpaired) electrons. The SMILES string of the molecule is CSCC(=O)CC1CCCc2ccccc21. The summed E-state index contributed by atoms with van der Waals surface area (Å²) >= 11 is 1.63. The van der Waals surface area contributed by atoms with Crippen molar-refractivity contribution in [2.45, 2.75) is 31.6 Å². The van der Waals surface area contributed by atoms with Crippen molar-refractivity contribution >= 4 is 17.5 Å². The van der Waals surface area contributed by atoms with Crippen molar-refractivity contribution in [2.24, 2.45) is 0 Å². The van der Waals surface area contributed by atoms with Crippen LogP contribution in [-0.4, -0.2) is 17.8 Å². The molecular formula is C14H18OS. The Morgan fingerprint density at radius 1 is 1.44 bits per heavy atom. The third-order valence-electron chi connectivity index (χ3n) is 3.27. The third kappa shape index (κ3) is 2.67. The summed E-state index contributed by atoms with van der Waals surface area (Å²) in [6.07, 6.45) is 6.32. The topological polar surface area (TPSA) is 17.1 Å². The average Bonchev–Trinajstić information content (AvgIpc) is 2.30. The molecule has 1 aromatic carbocycles. The van der Waals surface area contributed by atoms with Gasteiger partial charge in [0.2, 0.25) is 0 Å². The highest BCUT2D eigenvalue weighted by Crippen LogP contribution is 2.33. The van der Waals surface area contributed by atoms with Gasteiger partial charge < -0.3 is 0 Å². The van der Waals surface area contributed by atoms with Gasteiger partial charge in [0.05, 0.1) is 5.75 Å². The minimum Gasteiger partial charge on any atom is -0.299 e. The quantitative estimate of drug-likeness (QED) is 0.794. The van der Waals surface area contributed by atoms with Crippen molar-refractivity contribution in [3.8, 4) is 0 Å². The number of Topliss-reactive ketones (excluding diaryl/α,β-unsaturated/α-hetero) is 1. The van der Waals surface area contributed by atoms with Crippen LogP contribution in [0.15, 0.2) is 24.3 Å². The Morgan fingerprint density at radius 2 is 2.25 bits per heavy atom. The molecule has 1 aromatic rings. The maximum absolute atomic E-state index is 11.7. The number of hydrogen-bond donors (Lipinski definition) is 0. The lowest BCUT2D eigenvalue weighted by Gasteiger charge is -2.24. The maximum Gasteiger partial charge on any atom is 0.143 e. The van der Waals surface area contributed by atoms with E-state index in [-0.39, 0.29) is 0 Å². The van der Waals surface area contributed by atoms with Crippen molar-refractivity contribution in [3.05, 3.63) is 35.4 Å². The minimum atomic E-state index is 0.397. The molecule has 1 aliphatic carbocycles. The first kappa shape index (κ1) is 11.7. The van der Waals surface area contributed by atoms with Crippen molar-refractivity contribution in [1.29, 1.82) is 0 Å². The van der Waals surface area contributed by atoms with E-state index < -0.39 is 0 Å². The molecule has 0 N–H and O–H groups in total. The molecular weight excluding hydrogens is 216 g/mol. The Kier molecular flexibility index (Phi) is 4.05. The normalized spacial score (nSPS) is 19.2. The fourth-order valence-corrected chi connectivity index (χ4v) is 3.00. The number of carbonyl (C=O) groups is 1. The number of hydrogen-bond acceptors (Lipinski definition) is 2. The second-order valence-electron chi connectivity index (χ2n) is 4.46. The average molecular weight is 234 g/mol. The van der Waals surface area contributed by atoms with Gasteiger partial charge >= 0.3 is 0 Å². The number of aryl methyl sites for hydroxylation is 1. The van der Waals surface area contributed by atoms with Gasteiger partial charge in [-0.05, 0) is 42.6 Å². The highest BCUT2D eigenvalue weighted by Gasteiger charge is 2.21. The van der Waals surface area contributed by atoms with Gasteiger partial charge in [-0.25, -0.2) is 0 Å². The molecule has 0 bridgehead atoms. The Hall–Kier alpha value is -0.760. The predicted molar refractivity (Wildman–Crippen MR) is 70.1 cm³/mol. The second kappa shape index (κ2) is 5.53. The largest absolute Gasteiger partial charge is 0.299 e.